The summed E-state index contributed by atoms with van der Waals surface area (Å²) >= 11 is 0. The number of nitrogens with two attached hydrogens (primary N) is 1. The third-order valence-corrected chi connectivity index (χ3v) is 2.63. The lowest BCUT2D eigenvalue weighted by Crippen LogP contribution is -2.60. The smallest absolute Gasteiger partial charge is 0.245 e. The molecule has 1 heterocycles. The molecule has 0 spiro atoms. The molecule has 1 rings (SSSR count). The van der Waals surface area contributed by atoms with Crippen LogP contribution in [0.1, 0.15) is 20.8 Å². The fourth-order valence-corrected chi connectivity index (χ4v) is 1.90. The normalized spacial score (nSPS) is 24.7. The van der Waals surface area contributed by atoms with E-state index in [1.807, 2.05) is 13.8 Å². The molecule has 5 heteroatoms. The molecule has 2 unspecified atom stereocenters. The first-order valence-electron chi connectivity index (χ1n) is 5.31. The van der Waals surface area contributed by atoms with Crippen LogP contribution in [0.3, 0.4) is 0 Å². The molecule has 1 fully saturated rings. The summed E-state index contributed by atoms with van der Waals surface area (Å²) in [6.45, 7) is 6.66. The summed E-state index contributed by atoms with van der Waals surface area (Å²) in [7, 11) is 0. The molecule has 0 aromatic rings. The molecule has 2 N–H and O–H groups in total. The molecule has 0 aromatic heterocycles. The highest BCUT2D eigenvalue weighted by Gasteiger charge is 2.35. The number of carbonyl (C=O) groups excluding carboxylic acids is 2. The van der Waals surface area contributed by atoms with Gasteiger partial charge in [0.05, 0.1) is 6.54 Å². The zero-order chi connectivity index (χ0) is 11.6. The monoisotopic (exact) mass is 213 g/mol. The molecule has 2 amide bonds. The van der Waals surface area contributed by atoms with Gasteiger partial charge in [-0.25, -0.2) is 0 Å². The molecule has 1 saturated heterocycles. The van der Waals surface area contributed by atoms with Crippen molar-refractivity contribution in [3.05, 3.63) is 0 Å². The Hall–Kier alpha value is -1.10. The van der Waals surface area contributed by atoms with E-state index in [1.54, 1.807) is 16.7 Å². The predicted octanol–water partition coefficient (Wildman–Crippen LogP) is -0.587. The van der Waals surface area contributed by atoms with Crippen LogP contribution in [0.15, 0.2) is 0 Å². The SMILES string of the molecule is CCN1C(=O)CN(CC(C)N)C(=O)C1C. The number of hydrogen-bond acceptors (Lipinski definition) is 3. The number of nitrogens with zero attached hydrogens (tertiary/aromatic N) is 2. The van der Waals surface area contributed by atoms with Crippen molar-refractivity contribution in [1.82, 2.24) is 9.80 Å². The van der Waals surface area contributed by atoms with Gasteiger partial charge < -0.3 is 15.5 Å². The van der Waals surface area contributed by atoms with Crippen molar-refractivity contribution in [2.45, 2.75) is 32.9 Å². The van der Waals surface area contributed by atoms with Gasteiger partial charge in [-0.15, -0.1) is 0 Å². The van der Waals surface area contributed by atoms with E-state index < -0.39 is 0 Å². The number of piperazine rings is 1. The van der Waals surface area contributed by atoms with Crippen molar-refractivity contribution in [2.75, 3.05) is 19.6 Å². The molecule has 0 aliphatic carbocycles. The highest BCUT2D eigenvalue weighted by atomic mass is 16.2. The van der Waals surface area contributed by atoms with E-state index >= 15 is 0 Å². The Morgan fingerprint density at radius 3 is 2.60 bits per heavy atom. The first kappa shape index (κ1) is 12.0. The first-order valence-corrected chi connectivity index (χ1v) is 5.31. The number of amides is 2. The minimum atomic E-state index is -0.352. The molecule has 2 atom stereocenters. The van der Waals surface area contributed by atoms with Crippen LogP contribution in [0.4, 0.5) is 0 Å². The topological polar surface area (TPSA) is 66.6 Å². The van der Waals surface area contributed by atoms with Crippen LogP contribution >= 0.6 is 0 Å². The first-order chi connectivity index (χ1) is 6.97. The van der Waals surface area contributed by atoms with Gasteiger partial charge in [0.1, 0.15) is 6.04 Å². The fourth-order valence-electron chi connectivity index (χ4n) is 1.90. The minimum Gasteiger partial charge on any atom is -0.330 e. The van der Waals surface area contributed by atoms with Gasteiger partial charge in [0, 0.05) is 19.1 Å². The second-order valence-electron chi connectivity index (χ2n) is 4.05. The largest absolute Gasteiger partial charge is 0.330 e. The Bertz CT molecular complexity index is 265. The number of likely N-dealkylation sites (N-methyl/N-ethyl adjacent to an activating group) is 1. The third kappa shape index (κ3) is 2.47. The van der Waals surface area contributed by atoms with Gasteiger partial charge >= 0.3 is 0 Å². The van der Waals surface area contributed by atoms with Crippen molar-refractivity contribution >= 4 is 11.8 Å². The zero-order valence-corrected chi connectivity index (χ0v) is 9.56. The molecule has 0 bridgehead atoms. The fraction of sp³-hybridized carbons (Fsp3) is 0.800. The molecular formula is C10H19N3O2. The average molecular weight is 213 g/mol. The quantitative estimate of drug-likeness (QED) is 0.681. The van der Waals surface area contributed by atoms with Crippen LogP contribution < -0.4 is 5.73 Å². The van der Waals surface area contributed by atoms with Crippen molar-refractivity contribution in [3.8, 4) is 0 Å². The predicted molar refractivity (Wildman–Crippen MR) is 57.1 cm³/mol. The van der Waals surface area contributed by atoms with E-state index in [9.17, 15) is 9.59 Å². The Labute approximate surface area is 90.2 Å². The number of rotatable bonds is 3. The molecule has 0 radical (unpaired) electrons. The summed E-state index contributed by atoms with van der Waals surface area (Å²) in [5.41, 5.74) is 5.62. The molecule has 1 aliphatic heterocycles. The minimum absolute atomic E-state index is 0.00486. The molecule has 86 valence electrons. The van der Waals surface area contributed by atoms with Gasteiger partial charge in [-0.05, 0) is 20.8 Å². The van der Waals surface area contributed by atoms with Crippen molar-refractivity contribution in [2.24, 2.45) is 5.73 Å². The van der Waals surface area contributed by atoms with Gasteiger partial charge in [-0.3, -0.25) is 9.59 Å². The second-order valence-corrected chi connectivity index (χ2v) is 4.05. The van der Waals surface area contributed by atoms with Gasteiger partial charge in [-0.2, -0.15) is 0 Å². The van der Waals surface area contributed by atoms with E-state index in [4.69, 9.17) is 5.73 Å². The molecule has 0 aromatic carbocycles. The maximum Gasteiger partial charge on any atom is 0.245 e. The summed E-state index contributed by atoms with van der Waals surface area (Å²) in [4.78, 5) is 26.7. The highest BCUT2D eigenvalue weighted by Crippen LogP contribution is 2.11. The molecule has 1 aliphatic rings. The lowest BCUT2D eigenvalue weighted by Gasteiger charge is -2.38. The van der Waals surface area contributed by atoms with Crippen molar-refractivity contribution in [1.29, 1.82) is 0 Å². The third-order valence-electron chi connectivity index (χ3n) is 2.63. The molecule has 15 heavy (non-hydrogen) atoms. The maximum absolute atomic E-state index is 11.9. The van der Waals surface area contributed by atoms with Crippen LogP contribution in [0.5, 0.6) is 0 Å². The van der Waals surface area contributed by atoms with E-state index in [1.165, 1.54) is 0 Å². The van der Waals surface area contributed by atoms with E-state index in [0.29, 0.717) is 13.1 Å². The van der Waals surface area contributed by atoms with Gasteiger partial charge in [-0.1, -0.05) is 0 Å². The van der Waals surface area contributed by atoms with Crippen LogP contribution in [0.25, 0.3) is 0 Å². The van der Waals surface area contributed by atoms with E-state index in [-0.39, 0.29) is 30.4 Å². The summed E-state index contributed by atoms with van der Waals surface area (Å²) in [6, 6.07) is -0.447. The lowest BCUT2D eigenvalue weighted by molar-refractivity contribution is -0.154. The lowest BCUT2D eigenvalue weighted by atomic mass is 10.1. The van der Waals surface area contributed by atoms with Crippen LogP contribution in [-0.4, -0.2) is 53.3 Å². The van der Waals surface area contributed by atoms with Crippen LogP contribution in [-0.2, 0) is 9.59 Å². The second kappa shape index (κ2) is 4.61. The number of carbonyl (C=O) groups is 2. The van der Waals surface area contributed by atoms with E-state index in [2.05, 4.69) is 0 Å². The van der Waals surface area contributed by atoms with Gasteiger partial charge in [0.15, 0.2) is 0 Å². The Morgan fingerprint density at radius 2 is 2.13 bits per heavy atom. The van der Waals surface area contributed by atoms with Gasteiger partial charge in [0.25, 0.3) is 0 Å². The maximum atomic E-state index is 11.9. The standard InChI is InChI=1S/C10H19N3O2/c1-4-13-8(3)10(15)12(5-7(2)11)6-9(13)14/h7-8H,4-6,11H2,1-3H3. The summed E-state index contributed by atoms with van der Waals surface area (Å²) in [5.74, 6) is -0.000926. The van der Waals surface area contributed by atoms with Gasteiger partial charge in [0.2, 0.25) is 11.8 Å². The Balaban J connectivity index is 2.73. The average Bonchev–Trinajstić information content (AvgIpc) is 2.14. The Morgan fingerprint density at radius 1 is 1.53 bits per heavy atom. The number of hydrogen-bond donors (Lipinski definition) is 1. The highest BCUT2D eigenvalue weighted by molar-refractivity contribution is 5.94. The summed E-state index contributed by atoms with van der Waals surface area (Å²) < 4.78 is 0. The van der Waals surface area contributed by atoms with Crippen LogP contribution in [0.2, 0.25) is 0 Å². The molecular weight excluding hydrogens is 194 g/mol. The van der Waals surface area contributed by atoms with Crippen LogP contribution in [0, 0.1) is 0 Å². The Kier molecular flexibility index (Phi) is 3.68. The van der Waals surface area contributed by atoms with E-state index in [0.717, 1.165) is 0 Å². The summed E-state index contributed by atoms with van der Waals surface area (Å²) in [5, 5.41) is 0. The zero-order valence-electron chi connectivity index (χ0n) is 9.56. The van der Waals surface area contributed by atoms with Crippen molar-refractivity contribution in [3.63, 3.8) is 0 Å². The molecule has 0 saturated carbocycles. The van der Waals surface area contributed by atoms with Crippen molar-refractivity contribution < 1.29 is 9.59 Å². The summed E-state index contributed by atoms with van der Waals surface area (Å²) in [6.07, 6.45) is 0. The molecule has 5 nitrogen and oxygen atoms in total.